The number of ether oxygens (including phenoxy) is 2. The lowest BCUT2D eigenvalue weighted by atomic mass is 10.4. The highest BCUT2D eigenvalue weighted by atomic mass is 35.6. The van der Waals surface area contributed by atoms with Gasteiger partial charge < -0.3 is 14.6 Å². The molecule has 0 aromatic heterocycles. The van der Waals surface area contributed by atoms with E-state index in [1.54, 1.807) is 0 Å². The lowest BCUT2D eigenvalue weighted by Gasteiger charge is -2.26. The number of halogens is 3. The van der Waals surface area contributed by atoms with Crippen LogP contribution < -0.4 is 5.32 Å². The molecule has 9 heteroatoms. The van der Waals surface area contributed by atoms with Crippen molar-refractivity contribution in [3.05, 3.63) is 0 Å². The molecule has 1 aliphatic rings. The summed E-state index contributed by atoms with van der Waals surface area (Å²) < 4.78 is 8.04. The molecule has 6 nitrogen and oxygen atoms in total. The number of nitrogens with one attached hydrogen (secondary N) is 1. The van der Waals surface area contributed by atoms with Crippen LogP contribution in [0.3, 0.4) is 0 Å². The molecule has 1 rings (SSSR count). The van der Waals surface area contributed by atoms with E-state index in [-0.39, 0.29) is 6.61 Å². The van der Waals surface area contributed by atoms with E-state index < -0.39 is 16.1 Å². The van der Waals surface area contributed by atoms with Crippen molar-refractivity contribution in [2.45, 2.75) is 10.0 Å². The van der Waals surface area contributed by atoms with Crippen LogP contribution in [-0.2, 0) is 9.47 Å². The molecule has 0 aromatic carbocycles. The van der Waals surface area contributed by atoms with E-state index in [1.807, 2.05) is 5.32 Å². The molecule has 18 heavy (non-hydrogen) atoms. The van der Waals surface area contributed by atoms with Gasteiger partial charge in [0.15, 0.2) is 6.23 Å². The number of amides is 1. The second-order valence-electron chi connectivity index (χ2n) is 3.68. The van der Waals surface area contributed by atoms with Crippen LogP contribution in [0.2, 0.25) is 0 Å². The first kappa shape index (κ1) is 16.1. The molecule has 1 saturated heterocycles. The smallest absolute Gasteiger partial charge is 0.409 e. The van der Waals surface area contributed by atoms with Gasteiger partial charge in [0.1, 0.15) is 6.61 Å². The third kappa shape index (κ3) is 6.26. The second kappa shape index (κ2) is 7.57. The zero-order valence-corrected chi connectivity index (χ0v) is 11.8. The molecule has 0 spiro atoms. The van der Waals surface area contributed by atoms with Crippen molar-refractivity contribution in [1.82, 2.24) is 10.2 Å². The van der Waals surface area contributed by atoms with E-state index in [0.29, 0.717) is 19.8 Å². The summed E-state index contributed by atoms with van der Waals surface area (Å²) in [7, 11) is 0. The van der Waals surface area contributed by atoms with Gasteiger partial charge in [-0.05, 0) is 0 Å². The first-order valence-corrected chi connectivity index (χ1v) is 6.51. The average molecular weight is 322 g/mol. The Morgan fingerprint density at radius 3 is 2.61 bits per heavy atom. The summed E-state index contributed by atoms with van der Waals surface area (Å²) in [6.45, 7) is 3.76. The molecule has 1 heterocycles. The number of rotatable bonds is 4. The number of aliphatic hydroxyl groups excluding tert-OH is 1. The number of hydrogen-bond acceptors (Lipinski definition) is 5. The highest BCUT2D eigenvalue weighted by molar-refractivity contribution is 6.68. The van der Waals surface area contributed by atoms with E-state index in [4.69, 9.17) is 44.3 Å². The van der Waals surface area contributed by atoms with Gasteiger partial charge in [-0.25, -0.2) is 4.79 Å². The Hall–Kier alpha value is 0.0200. The van der Waals surface area contributed by atoms with Crippen molar-refractivity contribution in [2.24, 2.45) is 0 Å². The lowest BCUT2D eigenvalue weighted by molar-refractivity contribution is 0.0265. The Labute approximate surface area is 120 Å². The molecular weight excluding hydrogens is 306 g/mol. The average Bonchev–Trinajstić information content (AvgIpc) is 2.29. The topological polar surface area (TPSA) is 71.0 Å². The first-order valence-electron chi connectivity index (χ1n) is 5.38. The molecule has 1 atom stereocenters. The van der Waals surface area contributed by atoms with E-state index >= 15 is 0 Å². The number of hydrogen-bond donors (Lipinski definition) is 2. The van der Waals surface area contributed by atoms with Crippen LogP contribution in [0.4, 0.5) is 4.79 Å². The molecule has 1 unspecified atom stereocenters. The molecule has 0 aromatic rings. The van der Waals surface area contributed by atoms with E-state index in [9.17, 15) is 9.90 Å². The van der Waals surface area contributed by atoms with Gasteiger partial charge in [-0.15, -0.1) is 0 Å². The Morgan fingerprint density at radius 1 is 1.44 bits per heavy atom. The summed E-state index contributed by atoms with van der Waals surface area (Å²) in [5.41, 5.74) is 0. The minimum Gasteiger partial charge on any atom is -0.448 e. The molecule has 106 valence electrons. The summed E-state index contributed by atoms with van der Waals surface area (Å²) in [5, 5.41) is 11.3. The van der Waals surface area contributed by atoms with Crippen LogP contribution in [0, 0.1) is 0 Å². The zero-order chi connectivity index (χ0) is 13.6. The predicted molar refractivity (Wildman–Crippen MR) is 68.0 cm³/mol. The highest BCUT2D eigenvalue weighted by Gasteiger charge is 2.32. The molecule has 2 N–H and O–H groups in total. The first-order chi connectivity index (χ1) is 8.39. The number of alkyl halides is 3. The summed E-state index contributed by atoms with van der Waals surface area (Å²) in [5.74, 6) is 0. The fourth-order valence-electron chi connectivity index (χ4n) is 1.33. The van der Waals surface area contributed by atoms with Crippen LogP contribution >= 0.6 is 34.8 Å². The molecule has 1 fully saturated rings. The minimum atomic E-state index is -1.98. The number of alkyl carbamates (subject to hydrolysis) is 1. The lowest BCUT2D eigenvalue weighted by Crippen LogP contribution is -2.44. The third-order valence-corrected chi connectivity index (χ3v) is 2.93. The number of carbonyl (C=O) groups excluding carboxylic acids is 1. The van der Waals surface area contributed by atoms with E-state index in [1.165, 1.54) is 0 Å². The van der Waals surface area contributed by atoms with Crippen LogP contribution in [0.5, 0.6) is 0 Å². The van der Waals surface area contributed by atoms with Crippen molar-refractivity contribution in [2.75, 3.05) is 39.5 Å². The fraction of sp³-hybridized carbons (Fsp3) is 0.889. The molecule has 0 bridgehead atoms. The fourth-order valence-corrected chi connectivity index (χ4v) is 1.49. The number of aliphatic hydroxyl groups is 1. The summed E-state index contributed by atoms with van der Waals surface area (Å²) in [4.78, 5) is 13.3. The van der Waals surface area contributed by atoms with Gasteiger partial charge in [-0.1, -0.05) is 34.8 Å². The molecular formula is C9H15Cl3N2O4. The van der Waals surface area contributed by atoms with Crippen LogP contribution in [0.1, 0.15) is 0 Å². The third-order valence-electron chi connectivity index (χ3n) is 2.31. The van der Waals surface area contributed by atoms with Gasteiger partial charge in [-0.3, -0.25) is 10.2 Å². The Kier molecular flexibility index (Phi) is 6.76. The van der Waals surface area contributed by atoms with Gasteiger partial charge >= 0.3 is 6.09 Å². The summed E-state index contributed by atoms with van der Waals surface area (Å²) in [6, 6.07) is 0. The largest absolute Gasteiger partial charge is 0.448 e. The standard InChI is InChI=1S/C9H15Cl3N2O4/c10-9(11,12)7(15)13-8(16)18-6-3-14-1-4-17-5-2-14/h7,15H,1-6H2,(H,13,16). The number of morpholine rings is 1. The van der Waals surface area contributed by atoms with Crippen molar-refractivity contribution in [3.8, 4) is 0 Å². The molecule has 1 amide bonds. The quantitative estimate of drug-likeness (QED) is 0.590. The SMILES string of the molecule is O=C(NC(O)C(Cl)(Cl)Cl)OCCN1CCOCC1. The zero-order valence-electron chi connectivity index (χ0n) is 9.57. The van der Waals surface area contributed by atoms with Crippen molar-refractivity contribution >= 4 is 40.9 Å². The van der Waals surface area contributed by atoms with Crippen LogP contribution in [-0.4, -0.2) is 65.6 Å². The Bertz CT molecular complexity index is 269. The van der Waals surface area contributed by atoms with Crippen molar-refractivity contribution < 1.29 is 19.4 Å². The van der Waals surface area contributed by atoms with Gasteiger partial charge in [-0.2, -0.15) is 0 Å². The number of nitrogens with zero attached hydrogens (tertiary/aromatic N) is 1. The Morgan fingerprint density at radius 2 is 2.06 bits per heavy atom. The normalized spacial score (nSPS) is 19.3. The van der Waals surface area contributed by atoms with Gasteiger partial charge in [0.25, 0.3) is 0 Å². The van der Waals surface area contributed by atoms with E-state index in [0.717, 1.165) is 13.1 Å². The molecule has 0 aliphatic carbocycles. The highest BCUT2D eigenvalue weighted by Crippen LogP contribution is 2.28. The van der Waals surface area contributed by atoms with Crippen LogP contribution in [0.25, 0.3) is 0 Å². The van der Waals surface area contributed by atoms with Crippen LogP contribution in [0.15, 0.2) is 0 Å². The van der Waals surface area contributed by atoms with Gasteiger partial charge in [0.2, 0.25) is 3.79 Å². The summed E-state index contributed by atoms with van der Waals surface area (Å²) >= 11 is 16.1. The van der Waals surface area contributed by atoms with Gasteiger partial charge in [0, 0.05) is 19.6 Å². The minimum absolute atomic E-state index is 0.193. The molecule has 0 radical (unpaired) electrons. The number of carbonyl (C=O) groups is 1. The van der Waals surface area contributed by atoms with Gasteiger partial charge in [0.05, 0.1) is 13.2 Å². The van der Waals surface area contributed by atoms with Crippen molar-refractivity contribution in [1.29, 1.82) is 0 Å². The predicted octanol–water partition coefficient (Wildman–Crippen LogP) is 0.733. The maximum atomic E-state index is 11.2. The summed E-state index contributed by atoms with van der Waals surface area (Å²) in [6.07, 6.45) is -2.44. The molecule has 1 aliphatic heterocycles. The molecule has 0 saturated carbocycles. The van der Waals surface area contributed by atoms with E-state index in [2.05, 4.69) is 4.90 Å². The maximum absolute atomic E-state index is 11.2. The second-order valence-corrected chi connectivity index (χ2v) is 6.05. The van der Waals surface area contributed by atoms with Crippen molar-refractivity contribution in [3.63, 3.8) is 0 Å². The maximum Gasteiger partial charge on any atom is 0.409 e. The Balaban J connectivity index is 2.13. The monoisotopic (exact) mass is 320 g/mol.